The smallest absolute Gasteiger partial charge is 0.266 e. The summed E-state index contributed by atoms with van der Waals surface area (Å²) in [6.07, 6.45) is 9.85. The number of nitrogens with zero attached hydrogens (tertiary/aromatic N) is 3. The predicted octanol–water partition coefficient (Wildman–Crippen LogP) is 7.08. The number of piperazine rings is 1. The van der Waals surface area contributed by atoms with Crippen LogP contribution in [0.15, 0.2) is 39.7 Å². The molecule has 1 aromatic heterocycles. The van der Waals surface area contributed by atoms with Crippen LogP contribution >= 0.6 is 47.4 Å². The first-order valence-corrected chi connectivity index (χ1v) is 15.7. The predicted molar refractivity (Wildman–Crippen MR) is 160 cm³/mol. The fraction of sp³-hybridized carbons (Fsp3) is 0.517. The van der Waals surface area contributed by atoms with Crippen LogP contribution in [-0.4, -0.2) is 63.2 Å². The van der Waals surface area contributed by atoms with Gasteiger partial charge in [0.25, 0.3) is 5.91 Å². The standard InChI is InChI=1S/C29H33Cl2N3O2S2/c30-23-8-6-20(7-9-23)25-17-22(3-1-2-10-32-11-13-33(31)14-12-32)26(36-25)18-27-28(35)34(29(37)38-27)24-16-19-4-5-21(24)15-19/h6-9,17-19,21,24H,1-5,10-16H2/b27-18-. The lowest BCUT2D eigenvalue weighted by molar-refractivity contribution is -0.124. The highest BCUT2D eigenvalue weighted by Crippen LogP contribution is 2.49. The van der Waals surface area contributed by atoms with Gasteiger partial charge in [0.1, 0.15) is 15.8 Å². The number of halogens is 2. The Kier molecular flexibility index (Phi) is 8.22. The Bertz CT molecular complexity index is 1220. The summed E-state index contributed by atoms with van der Waals surface area (Å²) in [7, 11) is 0. The van der Waals surface area contributed by atoms with Crippen LogP contribution < -0.4 is 0 Å². The van der Waals surface area contributed by atoms with Crippen LogP contribution in [0.3, 0.4) is 0 Å². The fourth-order valence-corrected chi connectivity index (χ4v) is 8.15. The molecule has 4 aliphatic rings. The molecule has 0 radical (unpaired) electrons. The molecule has 9 heteroatoms. The fourth-order valence-electron chi connectivity index (χ4n) is 6.53. The third-order valence-electron chi connectivity index (χ3n) is 8.58. The molecule has 1 amide bonds. The number of carbonyl (C=O) groups excluding carboxylic acids is 1. The number of amides is 1. The Morgan fingerprint density at radius 1 is 1.08 bits per heavy atom. The van der Waals surface area contributed by atoms with E-state index < -0.39 is 0 Å². The summed E-state index contributed by atoms with van der Waals surface area (Å²) in [5, 5.41) is 0.694. The summed E-state index contributed by atoms with van der Waals surface area (Å²) >= 11 is 19.4. The lowest BCUT2D eigenvalue weighted by Crippen LogP contribution is -2.42. The molecule has 2 bridgehead atoms. The van der Waals surface area contributed by atoms with E-state index in [9.17, 15) is 4.79 Å². The van der Waals surface area contributed by atoms with Crippen molar-refractivity contribution in [2.45, 2.75) is 51.0 Å². The van der Waals surface area contributed by atoms with Crippen molar-refractivity contribution in [1.82, 2.24) is 14.2 Å². The zero-order valence-electron chi connectivity index (χ0n) is 21.4. The van der Waals surface area contributed by atoms with Gasteiger partial charge in [0, 0.05) is 48.9 Å². The van der Waals surface area contributed by atoms with Gasteiger partial charge in [0.2, 0.25) is 0 Å². The highest BCUT2D eigenvalue weighted by Gasteiger charge is 2.48. The van der Waals surface area contributed by atoms with E-state index in [1.807, 2.05) is 39.7 Å². The Labute approximate surface area is 244 Å². The Morgan fingerprint density at radius 3 is 2.58 bits per heavy atom. The van der Waals surface area contributed by atoms with Gasteiger partial charge in [-0.15, -0.1) is 0 Å². The Balaban J connectivity index is 1.19. The number of rotatable bonds is 8. The van der Waals surface area contributed by atoms with E-state index in [0.717, 1.165) is 87.0 Å². The van der Waals surface area contributed by atoms with Crippen molar-refractivity contribution in [1.29, 1.82) is 0 Å². The number of hydrogen-bond acceptors (Lipinski definition) is 6. The molecule has 3 heterocycles. The molecule has 0 spiro atoms. The first kappa shape index (κ1) is 26.9. The van der Waals surface area contributed by atoms with Crippen LogP contribution in [0, 0.1) is 11.8 Å². The highest BCUT2D eigenvalue weighted by atomic mass is 35.5. The average Bonchev–Trinajstić information content (AvgIpc) is 3.68. The van der Waals surface area contributed by atoms with Crippen molar-refractivity contribution >= 4 is 63.7 Å². The molecule has 2 aliphatic heterocycles. The molecule has 6 rings (SSSR count). The van der Waals surface area contributed by atoms with Crippen molar-refractivity contribution in [3.8, 4) is 11.3 Å². The second-order valence-electron chi connectivity index (χ2n) is 11.0. The van der Waals surface area contributed by atoms with Crippen molar-refractivity contribution in [3.63, 3.8) is 0 Å². The van der Waals surface area contributed by atoms with Crippen molar-refractivity contribution in [2.24, 2.45) is 11.8 Å². The Morgan fingerprint density at radius 2 is 1.87 bits per heavy atom. The quantitative estimate of drug-likeness (QED) is 0.142. The van der Waals surface area contributed by atoms with Crippen molar-refractivity contribution < 1.29 is 9.21 Å². The number of benzene rings is 1. The molecule has 2 aromatic rings. The van der Waals surface area contributed by atoms with Crippen LogP contribution in [0.25, 0.3) is 17.4 Å². The van der Waals surface area contributed by atoms with Gasteiger partial charge in [-0.3, -0.25) is 9.69 Å². The second kappa shape index (κ2) is 11.6. The molecule has 202 valence electrons. The number of carbonyl (C=O) groups is 1. The number of furan rings is 1. The van der Waals surface area contributed by atoms with Crippen LogP contribution in [0.1, 0.15) is 49.8 Å². The van der Waals surface area contributed by atoms with Crippen molar-refractivity contribution in [2.75, 3.05) is 32.7 Å². The van der Waals surface area contributed by atoms with Gasteiger partial charge in [0.15, 0.2) is 0 Å². The van der Waals surface area contributed by atoms with Crippen LogP contribution in [0.2, 0.25) is 5.02 Å². The van der Waals surface area contributed by atoms with E-state index in [0.29, 0.717) is 20.2 Å². The zero-order valence-corrected chi connectivity index (χ0v) is 24.6. The van der Waals surface area contributed by atoms with Gasteiger partial charge in [-0.2, -0.15) is 0 Å². The minimum atomic E-state index is 0.0476. The summed E-state index contributed by atoms with van der Waals surface area (Å²) < 4.78 is 8.94. The van der Waals surface area contributed by atoms with Gasteiger partial charge >= 0.3 is 0 Å². The first-order valence-electron chi connectivity index (χ1n) is 13.7. The number of unbranched alkanes of at least 4 members (excludes halogenated alkanes) is 1. The number of aryl methyl sites for hydroxylation is 1. The van der Waals surface area contributed by atoms with Crippen LogP contribution in [0.5, 0.6) is 0 Å². The largest absolute Gasteiger partial charge is 0.456 e. The maximum atomic E-state index is 13.5. The van der Waals surface area contributed by atoms with E-state index in [4.69, 9.17) is 40.0 Å². The monoisotopic (exact) mass is 589 g/mol. The molecule has 38 heavy (non-hydrogen) atoms. The van der Waals surface area contributed by atoms with Gasteiger partial charge in [-0.25, -0.2) is 4.42 Å². The minimum Gasteiger partial charge on any atom is -0.456 e. The molecule has 5 nitrogen and oxygen atoms in total. The summed E-state index contributed by atoms with van der Waals surface area (Å²) in [6.45, 7) is 4.94. The number of fused-ring (bicyclic) bond motifs is 2. The minimum absolute atomic E-state index is 0.0476. The summed E-state index contributed by atoms with van der Waals surface area (Å²) in [4.78, 5) is 18.6. The maximum absolute atomic E-state index is 13.5. The van der Waals surface area contributed by atoms with Crippen LogP contribution in [-0.2, 0) is 11.2 Å². The maximum Gasteiger partial charge on any atom is 0.266 e. The first-order chi connectivity index (χ1) is 18.4. The van der Waals surface area contributed by atoms with Gasteiger partial charge in [-0.1, -0.05) is 42.0 Å². The molecule has 2 aliphatic carbocycles. The van der Waals surface area contributed by atoms with Crippen LogP contribution in [0.4, 0.5) is 0 Å². The van der Waals surface area contributed by atoms with Crippen molar-refractivity contribution in [3.05, 3.63) is 51.6 Å². The second-order valence-corrected chi connectivity index (χ2v) is 13.6. The number of thiocarbonyl (C=S) groups is 1. The summed E-state index contributed by atoms with van der Waals surface area (Å²) in [5.74, 6) is 2.97. The third-order valence-corrected chi connectivity index (χ3v) is 10.5. The molecule has 2 saturated heterocycles. The SMILES string of the molecule is O=C1/C(=C/c2oc(-c3ccc(Cl)cc3)cc2CCCCN2CCN(Cl)CC2)SC(=S)N1C1CC2CCC1C2. The molecule has 3 unspecified atom stereocenters. The third kappa shape index (κ3) is 5.74. The zero-order chi connectivity index (χ0) is 26.2. The normalized spacial score (nSPS) is 27.4. The molecule has 3 atom stereocenters. The van der Waals surface area contributed by atoms with E-state index in [2.05, 4.69) is 11.0 Å². The van der Waals surface area contributed by atoms with E-state index in [1.54, 1.807) is 0 Å². The lowest BCUT2D eigenvalue weighted by Gasteiger charge is -2.30. The van der Waals surface area contributed by atoms with E-state index >= 15 is 0 Å². The van der Waals surface area contributed by atoms with E-state index in [-0.39, 0.29) is 11.9 Å². The van der Waals surface area contributed by atoms with Gasteiger partial charge in [0.05, 0.1) is 4.91 Å². The molecule has 1 aromatic carbocycles. The topological polar surface area (TPSA) is 39.9 Å². The molecular formula is C29H33Cl2N3O2S2. The average molecular weight is 591 g/mol. The van der Waals surface area contributed by atoms with Gasteiger partial charge in [-0.05, 0) is 105 Å². The highest BCUT2D eigenvalue weighted by molar-refractivity contribution is 8.26. The van der Waals surface area contributed by atoms with Gasteiger partial charge < -0.3 is 9.32 Å². The Hall–Kier alpha value is -1.35. The lowest BCUT2D eigenvalue weighted by atomic mass is 9.94. The molecule has 2 saturated carbocycles. The molecule has 4 fully saturated rings. The van der Waals surface area contributed by atoms with E-state index in [1.165, 1.54) is 31.0 Å². The summed E-state index contributed by atoms with van der Waals surface area (Å²) in [5.41, 5.74) is 2.11. The summed E-state index contributed by atoms with van der Waals surface area (Å²) in [6, 6.07) is 10.1. The molecular weight excluding hydrogens is 557 g/mol. The molecule has 0 N–H and O–H groups in total. The number of thioether (sulfide) groups is 1. The number of hydrogen-bond donors (Lipinski definition) is 0.